The summed E-state index contributed by atoms with van der Waals surface area (Å²) < 4.78 is 0. The predicted molar refractivity (Wildman–Crippen MR) is 88.6 cm³/mol. The summed E-state index contributed by atoms with van der Waals surface area (Å²) in [7, 11) is 0. The quantitative estimate of drug-likeness (QED) is 0.838. The number of carboxylic acid groups (broad SMARTS) is 1. The van der Waals surface area contributed by atoms with E-state index in [1.54, 1.807) is 0 Å². The molecule has 25 heavy (non-hydrogen) atoms. The van der Waals surface area contributed by atoms with Crippen LogP contribution in [0.25, 0.3) is 0 Å². The zero-order chi connectivity index (χ0) is 17.6. The van der Waals surface area contributed by atoms with E-state index in [1.807, 2.05) is 60.7 Å². The number of benzene rings is 2. The second-order valence-corrected chi connectivity index (χ2v) is 6.36. The molecular weight excluding hydrogens is 320 g/mol. The zero-order valence-electron chi connectivity index (χ0n) is 13.3. The summed E-state index contributed by atoms with van der Waals surface area (Å²) in [6.45, 7) is 0. The van der Waals surface area contributed by atoms with Crippen LogP contribution < -0.4 is 5.32 Å². The number of hydrogen-bond donors (Lipinski definition) is 2. The van der Waals surface area contributed by atoms with Crippen molar-refractivity contribution in [2.24, 2.45) is 5.92 Å². The number of carbonyl (C=O) groups is 3. The Balaban J connectivity index is 1.63. The topological polar surface area (TPSA) is 86.7 Å². The van der Waals surface area contributed by atoms with Gasteiger partial charge in [-0.1, -0.05) is 60.7 Å². The first-order chi connectivity index (χ1) is 12.1. The normalized spacial score (nSPS) is 23.6. The molecule has 2 aliphatic rings. The molecule has 2 aromatic rings. The van der Waals surface area contributed by atoms with Crippen LogP contribution in [0.5, 0.6) is 0 Å². The van der Waals surface area contributed by atoms with Crippen molar-refractivity contribution in [2.75, 3.05) is 0 Å². The number of rotatable bonds is 4. The fourth-order valence-corrected chi connectivity index (χ4v) is 3.53. The van der Waals surface area contributed by atoms with E-state index >= 15 is 0 Å². The lowest BCUT2D eigenvalue weighted by molar-refractivity contribution is -0.159. The maximum atomic E-state index is 12.7. The first-order valence-corrected chi connectivity index (χ1v) is 8.03. The van der Waals surface area contributed by atoms with E-state index < -0.39 is 35.4 Å². The van der Waals surface area contributed by atoms with Crippen molar-refractivity contribution in [3.8, 4) is 0 Å². The Morgan fingerprint density at radius 1 is 1.04 bits per heavy atom. The van der Waals surface area contributed by atoms with E-state index in [-0.39, 0.29) is 6.42 Å². The molecule has 4 rings (SSSR count). The van der Waals surface area contributed by atoms with E-state index in [0.29, 0.717) is 0 Å². The third kappa shape index (κ3) is 2.21. The lowest BCUT2D eigenvalue weighted by atomic mass is 9.98. The maximum Gasteiger partial charge on any atom is 0.331 e. The van der Waals surface area contributed by atoms with Crippen molar-refractivity contribution in [2.45, 2.75) is 18.0 Å². The molecule has 1 aliphatic heterocycles. The summed E-state index contributed by atoms with van der Waals surface area (Å²) in [5.41, 5.74) is 0.373. The molecule has 2 atom stereocenters. The van der Waals surface area contributed by atoms with Gasteiger partial charge in [0.15, 0.2) is 5.54 Å². The summed E-state index contributed by atoms with van der Waals surface area (Å²) in [4.78, 5) is 37.0. The van der Waals surface area contributed by atoms with Crippen LogP contribution in [0, 0.1) is 5.92 Å². The molecular formula is C19H16N2O4. The van der Waals surface area contributed by atoms with Gasteiger partial charge in [-0.2, -0.15) is 0 Å². The van der Waals surface area contributed by atoms with Crippen molar-refractivity contribution in [3.05, 3.63) is 71.8 Å². The molecule has 1 aliphatic carbocycles. The number of β-lactam (4-membered cyclic amide) rings is 1. The minimum absolute atomic E-state index is 0.204. The number of carboxylic acids is 1. The Morgan fingerprint density at radius 3 is 2.00 bits per heavy atom. The third-order valence-electron chi connectivity index (χ3n) is 4.96. The van der Waals surface area contributed by atoms with Gasteiger partial charge in [0.1, 0.15) is 0 Å². The highest BCUT2D eigenvalue weighted by atomic mass is 16.4. The molecule has 3 amide bonds. The van der Waals surface area contributed by atoms with Crippen LogP contribution in [0.15, 0.2) is 60.7 Å². The lowest BCUT2D eigenvalue weighted by Crippen LogP contribution is -2.64. The molecule has 0 aromatic heterocycles. The van der Waals surface area contributed by atoms with Gasteiger partial charge in [0.25, 0.3) is 0 Å². The number of amides is 3. The van der Waals surface area contributed by atoms with Crippen LogP contribution in [0.3, 0.4) is 0 Å². The van der Waals surface area contributed by atoms with E-state index in [9.17, 15) is 19.5 Å². The van der Waals surface area contributed by atoms with Crippen molar-refractivity contribution in [3.63, 3.8) is 0 Å². The van der Waals surface area contributed by atoms with E-state index in [1.165, 1.54) is 0 Å². The largest absolute Gasteiger partial charge is 0.479 e. The van der Waals surface area contributed by atoms with Gasteiger partial charge in [-0.25, -0.2) is 14.5 Å². The van der Waals surface area contributed by atoms with Crippen molar-refractivity contribution >= 4 is 17.9 Å². The van der Waals surface area contributed by atoms with Gasteiger partial charge >= 0.3 is 12.0 Å². The monoisotopic (exact) mass is 336 g/mol. The fraction of sp³-hybridized carbons (Fsp3) is 0.211. The van der Waals surface area contributed by atoms with Crippen LogP contribution in [-0.2, 0) is 9.59 Å². The third-order valence-corrected chi connectivity index (χ3v) is 4.96. The minimum atomic E-state index is -1.33. The second kappa shape index (κ2) is 5.44. The number of likely N-dealkylation sites (tertiary alicyclic amines) is 1. The number of nitrogens with zero attached hydrogens (tertiary/aromatic N) is 1. The van der Waals surface area contributed by atoms with Gasteiger partial charge < -0.3 is 10.4 Å². The average Bonchev–Trinajstić information content (AvgIpc) is 3.31. The molecule has 0 radical (unpaired) electrons. The Bertz CT molecular complexity index is 813. The Morgan fingerprint density at radius 2 is 1.56 bits per heavy atom. The molecule has 1 heterocycles. The SMILES string of the molecule is O=C(NC(c1ccccc1)c1ccccc1)N1C(=O)[C@H]2C[C@]21C(=O)O. The maximum absolute atomic E-state index is 12.7. The molecule has 126 valence electrons. The van der Waals surface area contributed by atoms with Gasteiger partial charge in [0, 0.05) is 0 Å². The van der Waals surface area contributed by atoms with Crippen molar-refractivity contribution < 1.29 is 19.5 Å². The molecule has 2 N–H and O–H groups in total. The van der Waals surface area contributed by atoms with E-state index in [0.717, 1.165) is 16.0 Å². The molecule has 0 unspecified atom stereocenters. The summed E-state index contributed by atoms with van der Waals surface area (Å²) in [6, 6.07) is 17.6. The summed E-state index contributed by atoms with van der Waals surface area (Å²) in [6.07, 6.45) is 0.204. The summed E-state index contributed by atoms with van der Waals surface area (Å²) >= 11 is 0. The van der Waals surface area contributed by atoms with E-state index in [4.69, 9.17) is 0 Å². The highest BCUT2D eigenvalue weighted by molar-refractivity contribution is 6.15. The number of hydrogen-bond acceptors (Lipinski definition) is 3. The highest BCUT2D eigenvalue weighted by Crippen LogP contribution is 2.59. The summed E-state index contributed by atoms with van der Waals surface area (Å²) in [5, 5.41) is 12.2. The number of nitrogens with one attached hydrogen (secondary N) is 1. The Hall–Kier alpha value is -3.15. The first-order valence-electron chi connectivity index (χ1n) is 8.03. The number of imide groups is 1. The molecule has 0 bridgehead atoms. The van der Waals surface area contributed by atoms with Crippen LogP contribution in [-0.4, -0.2) is 33.5 Å². The number of aliphatic carboxylic acids is 1. The molecule has 2 aromatic carbocycles. The minimum Gasteiger partial charge on any atom is -0.479 e. The molecule has 1 saturated carbocycles. The van der Waals surface area contributed by atoms with Crippen LogP contribution in [0.1, 0.15) is 23.6 Å². The number of fused-ring (bicyclic) bond motifs is 1. The average molecular weight is 336 g/mol. The fourth-order valence-electron chi connectivity index (χ4n) is 3.53. The highest BCUT2D eigenvalue weighted by Gasteiger charge is 2.80. The van der Waals surface area contributed by atoms with Gasteiger partial charge in [-0.05, 0) is 17.5 Å². The van der Waals surface area contributed by atoms with Gasteiger partial charge in [0.05, 0.1) is 12.0 Å². The van der Waals surface area contributed by atoms with Crippen LogP contribution >= 0.6 is 0 Å². The molecule has 6 nitrogen and oxygen atoms in total. The van der Waals surface area contributed by atoms with Crippen molar-refractivity contribution in [1.82, 2.24) is 10.2 Å². The molecule has 6 heteroatoms. The Kier molecular flexibility index (Phi) is 3.35. The van der Waals surface area contributed by atoms with Crippen LogP contribution in [0.4, 0.5) is 4.79 Å². The molecule has 2 fully saturated rings. The van der Waals surface area contributed by atoms with Crippen molar-refractivity contribution in [1.29, 1.82) is 0 Å². The molecule has 0 spiro atoms. The predicted octanol–water partition coefficient (Wildman–Crippen LogP) is 2.17. The van der Waals surface area contributed by atoms with Crippen LogP contribution in [0.2, 0.25) is 0 Å². The van der Waals surface area contributed by atoms with E-state index in [2.05, 4.69) is 5.32 Å². The lowest BCUT2D eigenvalue weighted by Gasteiger charge is -2.36. The van der Waals surface area contributed by atoms with Gasteiger partial charge in [0.2, 0.25) is 5.91 Å². The summed E-state index contributed by atoms with van der Waals surface area (Å²) in [5.74, 6) is -2.09. The zero-order valence-corrected chi connectivity index (χ0v) is 13.3. The first kappa shape index (κ1) is 15.4. The van der Waals surface area contributed by atoms with Gasteiger partial charge in [-0.15, -0.1) is 0 Å². The smallest absolute Gasteiger partial charge is 0.331 e. The molecule has 1 saturated heterocycles. The number of carbonyl (C=O) groups excluding carboxylic acids is 2. The Labute approximate surface area is 144 Å². The van der Waals surface area contributed by atoms with Gasteiger partial charge in [-0.3, -0.25) is 4.79 Å². The standard InChI is InChI=1S/C19H16N2O4/c22-16-14-11-19(14,17(23)24)21(16)18(25)20-15(12-7-3-1-4-8-12)13-9-5-2-6-10-13/h1-10,14-15H,11H2,(H,20,25)(H,23,24)/t14-,19-/m1/s1. The second-order valence-electron chi connectivity index (χ2n) is 6.36. The number of urea groups is 1.